The van der Waals surface area contributed by atoms with Crippen molar-refractivity contribution >= 4 is 34.7 Å². The second-order valence-electron chi connectivity index (χ2n) is 5.90. The van der Waals surface area contributed by atoms with E-state index >= 15 is 0 Å². The lowest BCUT2D eigenvalue weighted by atomic mass is 10.1. The van der Waals surface area contributed by atoms with Gasteiger partial charge >= 0.3 is 6.18 Å². The monoisotopic (exact) mass is 450 g/mol. The first-order chi connectivity index (χ1) is 14.3. The van der Waals surface area contributed by atoms with Gasteiger partial charge in [0.05, 0.1) is 34.2 Å². The Morgan fingerprint density at radius 2 is 1.83 bits per heavy atom. The van der Waals surface area contributed by atoms with Crippen LogP contribution in [0.4, 0.5) is 18.9 Å². The van der Waals surface area contributed by atoms with Crippen LogP contribution in [0.25, 0.3) is 16.3 Å². The van der Waals surface area contributed by atoms with Gasteiger partial charge in [-0.25, -0.2) is 4.98 Å². The smallest absolute Gasteiger partial charge is 0.319 e. The van der Waals surface area contributed by atoms with Crippen molar-refractivity contribution in [1.29, 1.82) is 0 Å². The van der Waals surface area contributed by atoms with E-state index in [2.05, 4.69) is 24.9 Å². The summed E-state index contributed by atoms with van der Waals surface area (Å²) in [5, 5.41) is 10.2. The number of nitrogens with one attached hydrogen (secondary N) is 1. The summed E-state index contributed by atoms with van der Waals surface area (Å²) in [6, 6.07) is 9.29. The summed E-state index contributed by atoms with van der Waals surface area (Å²) in [5.74, 6) is -0.820. The largest absolute Gasteiger partial charge is 0.420 e. The Labute approximate surface area is 176 Å². The second-order valence-corrected chi connectivity index (χ2v) is 7.08. The predicted molar refractivity (Wildman–Crippen MR) is 105 cm³/mol. The molecule has 0 saturated heterocycles. The number of carbonyl (C=O) groups is 1. The van der Waals surface area contributed by atoms with Gasteiger partial charge in [0.25, 0.3) is 5.91 Å². The van der Waals surface area contributed by atoms with Crippen molar-refractivity contribution in [1.82, 2.24) is 24.4 Å². The van der Waals surface area contributed by atoms with Crippen LogP contribution in [0.5, 0.6) is 0 Å². The lowest BCUT2D eigenvalue weighted by Gasteiger charge is -2.11. The quantitative estimate of drug-likeness (QED) is 0.486. The molecular weight excluding hydrogens is 441 g/mol. The Balaban J connectivity index is 1.66. The Morgan fingerprint density at radius 3 is 2.47 bits per heavy atom. The van der Waals surface area contributed by atoms with Gasteiger partial charge in [0.1, 0.15) is 5.56 Å². The standard InChI is InChI=1S/C18H10ClF3N6OS/c19-12-8-11(9-23-16(12)28-24-6-7-25-28)26-17(29)14-13(18(20,21)22)15(30-27-14)10-4-2-1-3-5-10/h1-9H,(H,26,29). The van der Waals surface area contributed by atoms with Crippen molar-refractivity contribution in [3.8, 4) is 16.3 Å². The first-order valence-electron chi connectivity index (χ1n) is 8.30. The van der Waals surface area contributed by atoms with E-state index in [1.54, 1.807) is 18.2 Å². The summed E-state index contributed by atoms with van der Waals surface area (Å²) in [4.78, 5) is 17.7. The summed E-state index contributed by atoms with van der Waals surface area (Å²) < 4.78 is 45.0. The molecule has 0 saturated carbocycles. The molecule has 1 amide bonds. The Bertz CT molecular complexity index is 1190. The van der Waals surface area contributed by atoms with Gasteiger partial charge in [-0.15, -0.1) is 4.80 Å². The maximum Gasteiger partial charge on any atom is 0.420 e. The number of aromatic nitrogens is 5. The SMILES string of the molecule is O=C(Nc1cnc(-n2nccn2)c(Cl)c1)c1nsc(-c2ccccc2)c1C(F)(F)F. The zero-order valence-corrected chi connectivity index (χ0v) is 16.3. The minimum Gasteiger partial charge on any atom is -0.319 e. The summed E-state index contributed by atoms with van der Waals surface area (Å²) in [6.07, 6.45) is -0.672. The van der Waals surface area contributed by atoms with E-state index in [9.17, 15) is 18.0 Å². The number of rotatable bonds is 4. The van der Waals surface area contributed by atoms with Gasteiger partial charge < -0.3 is 5.32 Å². The van der Waals surface area contributed by atoms with Crippen LogP contribution in [0.2, 0.25) is 5.02 Å². The molecule has 30 heavy (non-hydrogen) atoms. The highest BCUT2D eigenvalue weighted by atomic mass is 35.5. The fourth-order valence-corrected chi connectivity index (χ4v) is 3.80. The van der Waals surface area contributed by atoms with Gasteiger partial charge in [-0.1, -0.05) is 41.9 Å². The van der Waals surface area contributed by atoms with Crippen LogP contribution in [0, 0.1) is 0 Å². The molecule has 0 spiro atoms. The Hall–Kier alpha value is -3.31. The molecule has 3 heterocycles. The van der Waals surface area contributed by atoms with Crippen molar-refractivity contribution in [3.05, 3.63) is 71.3 Å². The maximum atomic E-state index is 13.7. The molecule has 4 aromatic rings. The third-order valence-electron chi connectivity index (χ3n) is 3.91. The molecule has 0 atom stereocenters. The first kappa shape index (κ1) is 20.0. The average molecular weight is 451 g/mol. The lowest BCUT2D eigenvalue weighted by molar-refractivity contribution is -0.137. The number of alkyl halides is 3. The van der Waals surface area contributed by atoms with Crippen LogP contribution >= 0.6 is 23.1 Å². The fourth-order valence-electron chi connectivity index (χ4n) is 2.66. The molecule has 0 aliphatic rings. The highest BCUT2D eigenvalue weighted by molar-refractivity contribution is 7.10. The topological polar surface area (TPSA) is 85.6 Å². The molecule has 7 nitrogen and oxygen atoms in total. The molecule has 1 N–H and O–H groups in total. The maximum absolute atomic E-state index is 13.7. The highest BCUT2D eigenvalue weighted by Gasteiger charge is 2.41. The van der Waals surface area contributed by atoms with Crippen LogP contribution in [0.1, 0.15) is 16.1 Å². The first-order valence-corrected chi connectivity index (χ1v) is 9.45. The molecule has 0 aliphatic carbocycles. The molecule has 0 bridgehead atoms. The molecule has 0 radical (unpaired) electrons. The van der Waals surface area contributed by atoms with Crippen LogP contribution < -0.4 is 5.32 Å². The van der Waals surface area contributed by atoms with Crippen molar-refractivity contribution in [2.45, 2.75) is 6.18 Å². The van der Waals surface area contributed by atoms with E-state index in [-0.39, 0.29) is 21.4 Å². The van der Waals surface area contributed by atoms with E-state index in [1.807, 2.05) is 0 Å². The summed E-state index contributed by atoms with van der Waals surface area (Å²) in [5.41, 5.74) is -1.39. The van der Waals surface area contributed by atoms with Crippen LogP contribution in [0.3, 0.4) is 0 Å². The highest BCUT2D eigenvalue weighted by Crippen LogP contribution is 2.42. The Morgan fingerprint density at radius 1 is 1.13 bits per heavy atom. The van der Waals surface area contributed by atoms with Crippen molar-refractivity contribution in [3.63, 3.8) is 0 Å². The third kappa shape index (κ3) is 3.89. The van der Waals surface area contributed by atoms with Gasteiger partial charge in [0, 0.05) is 0 Å². The second kappa shape index (κ2) is 7.84. The van der Waals surface area contributed by atoms with Gasteiger partial charge in [-0.3, -0.25) is 4.79 Å². The molecule has 0 aliphatic heterocycles. The van der Waals surface area contributed by atoms with Crippen molar-refractivity contribution in [2.75, 3.05) is 5.32 Å². The fraction of sp³-hybridized carbons (Fsp3) is 0.0556. The van der Waals surface area contributed by atoms with Crippen LogP contribution in [0.15, 0.2) is 55.0 Å². The molecule has 12 heteroatoms. The minimum absolute atomic E-state index is 0.100. The van der Waals surface area contributed by atoms with Gasteiger partial charge in [0.15, 0.2) is 11.5 Å². The van der Waals surface area contributed by atoms with E-state index in [0.29, 0.717) is 17.1 Å². The number of hydrogen-bond acceptors (Lipinski definition) is 6. The number of carbonyl (C=O) groups excluding carboxylic acids is 1. The zero-order chi connectivity index (χ0) is 21.3. The van der Waals surface area contributed by atoms with E-state index in [1.165, 1.54) is 41.6 Å². The van der Waals surface area contributed by atoms with Crippen LogP contribution in [-0.4, -0.2) is 30.3 Å². The molecule has 1 aromatic carbocycles. The zero-order valence-electron chi connectivity index (χ0n) is 14.8. The number of hydrogen-bond donors (Lipinski definition) is 1. The lowest BCUT2D eigenvalue weighted by Crippen LogP contribution is -2.19. The molecule has 0 unspecified atom stereocenters. The number of benzene rings is 1. The van der Waals surface area contributed by atoms with Crippen LogP contribution in [-0.2, 0) is 6.18 Å². The number of pyridine rings is 1. The number of halogens is 4. The molecule has 3 aromatic heterocycles. The van der Waals surface area contributed by atoms with Gasteiger partial charge in [0.2, 0.25) is 0 Å². The summed E-state index contributed by atoms with van der Waals surface area (Å²) in [7, 11) is 0. The number of amides is 1. The molecule has 0 fully saturated rings. The molecular formula is C18H10ClF3N6OS. The number of nitrogens with zero attached hydrogens (tertiary/aromatic N) is 5. The summed E-state index contributed by atoms with van der Waals surface area (Å²) in [6.45, 7) is 0. The Kier molecular flexibility index (Phi) is 5.22. The minimum atomic E-state index is -4.77. The van der Waals surface area contributed by atoms with Gasteiger partial charge in [-0.05, 0) is 23.2 Å². The van der Waals surface area contributed by atoms with E-state index in [4.69, 9.17) is 11.6 Å². The third-order valence-corrected chi connectivity index (χ3v) is 5.09. The van der Waals surface area contributed by atoms with Gasteiger partial charge in [-0.2, -0.15) is 27.7 Å². The van der Waals surface area contributed by atoms with E-state index in [0.717, 1.165) is 0 Å². The normalized spacial score (nSPS) is 11.5. The predicted octanol–water partition coefficient (Wildman–Crippen LogP) is 4.71. The summed E-state index contributed by atoms with van der Waals surface area (Å²) >= 11 is 6.74. The number of anilines is 1. The average Bonchev–Trinajstić information content (AvgIpc) is 3.38. The molecule has 152 valence electrons. The molecule has 4 rings (SSSR count). The van der Waals surface area contributed by atoms with Crippen molar-refractivity contribution in [2.24, 2.45) is 0 Å². The van der Waals surface area contributed by atoms with Crippen molar-refractivity contribution < 1.29 is 18.0 Å². The van der Waals surface area contributed by atoms with E-state index < -0.39 is 23.3 Å².